The molecule has 3 rings (SSSR count). The SMILES string of the molecule is CCCCCCCCOc1ccc(-n2nc3ccccc3n2)cc1OC. The van der Waals surface area contributed by atoms with Gasteiger partial charge in [0, 0.05) is 6.07 Å². The topological polar surface area (TPSA) is 49.2 Å². The van der Waals surface area contributed by atoms with E-state index < -0.39 is 0 Å². The fourth-order valence-electron chi connectivity index (χ4n) is 2.94. The van der Waals surface area contributed by atoms with E-state index in [1.165, 1.54) is 32.1 Å². The average Bonchev–Trinajstić information content (AvgIpc) is 3.11. The van der Waals surface area contributed by atoms with E-state index in [0.29, 0.717) is 12.4 Å². The number of benzene rings is 2. The molecule has 0 saturated carbocycles. The number of ether oxygens (including phenoxy) is 2. The number of nitrogens with zero attached hydrogens (tertiary/aromatic N) is 3. The van der Waals surface area contributed by atoms with E-state index in [-0.39, 0.29) is 0 Å². The number of fused-ring (bicyclic) bond motifs is 1. The van der Waals surface area contributed by atoms with Crippen molar-refractivity contribution in [1.82, 2.24) is 15.0 Å². The molecule has 2 aromatic carbocycles. The van der Waals surface area contributed by atoms with Gasteiger partial charge in [-0.05, 0) is 30.7 Å². The normalized spacial score (nSPS) is 11.0. The molecule has 0 amide bonds. The van der Waals surface area contributed by atoms with Crippen LogP contribution >= 0.6 is 0 Å². The van der Waals surface area contributed by atoms with Crippen molar-refractivity contribution >= 4 is 11.0 Å². The second kappa shape index (κ2) is 9.22. The van der Waals surface area contributed by atoms with Gasteiger partial charge in [-0.1, -0.05) is 51.2 Å². The van der Waals surface area contributed by atoms with Crippen LogP contribution in [0.4, 0.5) is 0 Å². The van der Waals surface area contributed by atoms with Gasteiger partial charge in [0.2, 0.25) is 0 Å². The molecule has 0 spiro atoms. The second-order valence-electron chi connectivity index (χ2n) is 6.43. The zero-order valence-corrected chi connectivity index (χ0v) is 15.6. The summed E-state index contributed by atoms with van der Waals surface area (Å²) in [5, 5.41) is 9.02. The van der Waals surface area contributed by atoms with Crippen molar-refractivity contribution in [2.75, 3.05) is 13.7 Å². The molecule has 0 radical (unpaired) electrons. The Morgan fingerprint density at radius 3 is 2.23 bits per heavy atom. The van der Waals surface area contributed by atoms with Crippen LogP contribution in [0.3, 0.4) is 0 Å². The largest absolute Gasteiger partial charge is 0.493 e. The summed E-state index contributed by atoms with van der Waals surface area (Å²) in [5.74, 6) is 1.47. The van der Waals surface area contributed by atoms with Crippen LogP contribution in [0.15, 0.2) is 42.5 Å². The zero-order chi connectivity index (χ0) is 18.2. The highest BCUT2D eigenvalue weighted by atomic mass is 16.5. The minimum atomic E-state index is 0.704. The smallest absolute Gasteiger partial charge is 0.162 e. The van der Waals surface area contributed by atoms with Gasteiger partial charge < -0.3 is 9.47 Å². The molecule has 3 aromatic rings. The number of aromatic nitrogens is 3. The maximum atomic E-state index is 5.91. The van der Waals surface area contributed by atoms with Gasteiger partial charge in [-0.25, -0.2) is 0 Å². The van der Waals surface area contributed by atoms with Gasteiger partial charge in [0.15, 0.2) is 11.5 Å². The maximum absolute atomic E-state index is 5.91. The standard InChI is InChI=1S/C21H27N3O2/c1-3-4-5-6-7-10-15-26-20-14-13-17(16-21(20)25-2)24-22-18-11-8-9-12-19(18)23-24/h8-9,11-14,16H,3-7,10,15H2,1-2H3. The summed E-state index contributed by atoms with van der Waals surface area (Å²) < 4.78 is 11.4. The van der Waals surface area contributed by atoms with Gasteiger partial charge in [-0.15, -0.1) is 10.2 Å². The minimum Gasteiger partial charge on any atom is -0.493 e. The summed E-state index contributed by atoms with van der Waals surface area (Å²) in [7, 11) is 1.66. The Bertz CT molecular complexity index is 796. The number of hydrogen-bond donors (Lipinski definition) is 0. The summed E-state index contributed by atoms with van der Waals surface area (Å²) in [4.78, 5) is 1.63. The van der Waals surface area contributed by atoms with E-state index >= 15 is 0 Å². The van der Waals surface area contributed by atoms with Crippen molar-refractivity contribution in [3.05, 3.63) is 42.5 Å². The van der Waals surface area contributed by atoms with E-state index in [1.54, 1.807) is 11.9 Å². The molecule has 138 valence electrons. The van der Waals surface area contributed by atoms with Crippen LogP contribution < -0.4 is 9.47 Å². The van der Waals surface area contributed by atoms with Crippen LogP contribution in [0.1, 0.15) is 45.4 Å². The molecule has 0 aliphatic heterocycles. The Kier molecular flexibility index (Phi) is 6.47. The molecule has 0 aliphatic rings. The molecule has 1 heterocycles. The van der Waals surface area contributed by atoms with Crippen molar-refractivity contribution in [1.29, 1.82) is 0 Å². The summed E-state index contributed by atoms with van der Waals surface area (Å²) in [6.45, 7) is 2.95. The lowest BCUT2D eigenvalue weighted by atomic mass is 10.1. The average molecular weight is 353 g/mol. The summed E-state index contributed by atoms with van der Waals surface area (Å²) in [6.07, 6.45) is 7.49. The molecule has 0 unspecified atom stereocenters. The third kappa shape index (κ3) is 4.54. The number of methoxy groups -OCH3 is 1. The van der Waals surface area contributed by atoms with Gasteiger partial charge in [-0.2, -0.15) is 4.80 Å². The molecular formula is C21H27N3O2. The third-order valence-corrected chi connectivity index (χ3v) is 4.42. The van der Waals surface area contributed by atoms with Crippen molar-refractivity contribution in [2.45, 2.75) is 45.4 Å². The first kappa shape index (κ1) is 18.2. The van der Waals surface area contributed by atoms with E-state index in [2.05, 4.69) is 17.1 Å². The number of hydrogen-bond acceptors (Lipinski definition) is 4. The van der Waals surface area contributed by atoms with Crippen molar-refractivity contribution in [2.24, 2.45) is 0 Å². The second-order valence-corrected chi connectivity index (χ2v) is 6.43. The van der Waals surface area contributed by atoms with E-state index in [0.717, 1.165) is 28.9 Å². The first-order chi connectivity index (χ1) is 12.8. The number of unbranched alkanes of at least 4 members (excludes halogenated alkanes) is 5. The lowest BCUT2D eigenvalue weighted by Gasteiger charge is -2.12. The van der Waals surface area contributed by atoms with Crippen molar-refractivity contribution in [3.63, 3.8) is 0 Å². The predicted octanol–water partition coefficient (Wildman–Crippen LogP) is 5.17. The first-order valence-electron chi connectivity index (χ1n) is 9.45. The Labute approximate surface area is 154 Å². The molecule has 5 heteroatoms. The molecule has 0 saturated heterocycles. The van der Waals surface area contributed by atoms with Crippen molar-refractivity contribution < 1.29 is 9.47 Å². The Balaban J connectivity index is 1.62. The van der Waals surface area contributed by atoms with Crippen molar-refractivity contribution in [3.8, 4) is 17.2 Å². The highest BCUT2D eigenvalue weighted by molar-refractivity contribution is 5.73. The van der Waals surface area contributed by atoms with Gasteiger partial charge in [-0.3, -0.25) is 0 Å². The third-order valence-electron chi connectivity index (χ3n) is 4.42. The predicted molar refractivity (Wildman–Crippen MR) is 104 cm³/mol. The van der Waals surface area contributed by atoms with Crippen LogP contribution in [0.2, 0.25) is 0 Å². The highest BCUT2D eigenvalue weighted by Gasteiger charge is 2.09. The van der Waals surface area contributed by atoms with E-state index in [1.807, 2.05) is 42.5 Å². The van der Waals surface area contributed by atoms with Crippen LogP contribution in [0, 0.1) is 0 Å². The van der Waals surface area contributed by atoms with Gasteiger partial charge in [0.25, 0.3) is 0 Å². The fourth-order valence-corrected chi connectivity index (χ4v) is 2.94. The van der Waals surface area contributed by atoms with Gasteiger partial charge in [0.05, 0.1) is 19.4 Å². The Hall–Kier alpha value is -2.56. The molecule has 26 heavy (non-hydrogen) atoms. The molecule has 0 N–H and O–H groups in total. The number of rotatable bonds is 10. The Morgan fingerprint density at radius 2 is 1.54 bits per heavy atom. The highest BCUT2D eigenvalue weighted by Crippen LogP contribution is 2.29. The Morgan fingerprint density at radius 1 is 0.846 bits per heavy atom. The quantitative estimate of drug-likeness (QED) is 0.472. The van der Waals surface area contributed by atoms with Crippen LogP contribution in [-0.2, 0) is 0 Å². The van der Waals surface area contributed by atoms with Crippen LogP contribution in [0.25, 0.3) is 16.7 Å². The summed E-state index contributed by atoms with van der Waals surface area (Å²) in [5.41, 5.74) is 2.59. The molecule has 0 aliphatic carbocycles. The van der Waals surface area contributed by atoms with E-state index in [9.17, 15) is 0 Å². The zero-order valence-electron chi connectivity index (χ0n) is 15.6. The molecule has 0 bridgehead atoms. The molecular weight excluding hydrogens is 326 g/mol. The minimum absolute atomic E-state index is 0.704. The monoisotopic (exact) mass is 353 g/mol. The molecule has 1 aromatic heterocycles. The van der Waals surface area contributed by atoms with Crippen LogP contribution in [-0.4, -0.2) is 28.7 Å². The lowest BCUT2D eigenvalue weighted by Crippen LogP contribution is -2.02. The van der Waals surface area contributed by atoms with Gasteiger partial charge in [0.1, 0.15) is 11.0 Å². The fraction of sp³-hybridized carbons (Fsp3) is 0.429. The van der Waals surface area contributed by atoms with E-state index in [4.69, 9.17) is 9.47 Å². The summed E-state index contributed by atoms with van der Waals surface area (Å²) >= 11 is 0. The summed E-state index contributed by atoms with van der Waals surface area (Å²) in [6, 6.07) is 13.6. The molecule has 5 nitrogen and oxygen atoms in total. The molecule has 0 fully saturated rings. The van der Waals surface area contributed by atoms with Gasteiger partial charge >= 0.3 is 0 Å². The lowest BCUT2D eigenvalue weighted by molar-refractivity contribution is 0.284. The maximum Gasteiger partial charge on any atom is 0.162 e. The van der Waals surface area contributed by atoms with Crippen LogP contribution in [0.5, 0.6) is 11.5 Å². The first-order valence-corrected chi connectivity index (χ1v) is 9.45. The molecule has 0 atom stereocenters.